The largest absolute Gasteiger partial charge is 0.496 e. The molecule has 4 nitrogen and oxygen atoms in total. The summed E-state index contributed by atoms with van der Waals surface area (Å²) in [6.45, 7) is 3.84. The van der Waals surface area contributed by atoms with Crippen molar-refractivity contribution in [1.29, 1.82) is 0 Å². The van der Waals surface area contributed by atoms with Crippen molar-refractivity contribution in [1.82, 2.24) is 5.32 Å². The average Bonchev–Trinajstić information content (AvgIpc) is 2.35. The maximum absolute atomic E-state index is 11.2. The van der Waals surface area contributed by atoms with Crippen LogP contribution in [0.25, 0.3) is 0 Å². The van der Waals surface area contributed by atoms with E-state index < -0.39 is 11.9 Å². The highest BCUT2D eigenvalue weighted by atomic mass is 16.5. The van der Waals surface area contributed by atoms with Crippen LogP contribution >= 0.6 is 0 Å². The molecule has 0 spiro atoms. The second-order valence-corrected chi connectivity index (χ2v) is 4.35. The molecule has 0 bridgehead atoms. The first-order valence-electron chi connectivity index (χ1n) is 6.09. The molecule has 2 unspecified atom stereocenters. The number of carboxylic acid groups (broad SMARTS) is 1. The summed E-state index contributed by atoms with van der Waals surface area (Å²) in [5.74, 6) is -0.384. The maximum atomic E-state index is 11.2. The van der Waals surface area contributed by atoms with E-state index in [1.807, 2.05) is 32.0 Å². The molecule has 2 N–H and O–H groups in total. The van der Waals surface area contributed by atoms with Crippen LogP contribution in [0.1, 0.15) is 30.5 Å². The predicted molar refractivity (Wildman–Crippen MR) is 70.9 cm³/mol. The highest BCUT2D eigenvalue weighted by Gasteiger charge is 2.26. The molecular weight excluding hydrogens is 230 g/mol. The first-order valence-corrected chi connectivity index (χ1v) is 6.09. The van der Waals surface area contributed by atoms with Gasteiger partial charge in [-0.05, 0) is 37.6 Å². The summed E-state index contributed by atoms with van der Waals surface area (Å²) >= 11 is 0. The number of benzene rings is 1. The number of aryl methyl sites for hydroxylation is 1. The van der Waals surface area contributed by atoms with Crippen molar-refractivity contribution >= 4 is 5.97 Å². The van der Waals surface area contributed by atoms with Gasteiger partial charge in [0.05, 0.1) is 13.0 Å². The molecule has 0 aliphatic rings. The van der Waals surface area contributed by atoms with Crippen molar-refractivity contribution in [2.24, 2.45) is 5.92 Å². The number of rotatable bonds is 6. The number of hydrogen-bond donors (Lipinski definition) is 2. The lowest BCUT2D eigenvalue weighted by Crippen LogP contribution is -2.30. The number of hydrogen-bond acceptors (Lipinski definition) is 3. The summed E-state index contributed by atoms with van der Waals surface area (Å²) < 4.78 is 5.21. The first kappa shape index (κ1) is 14.5. The van der Waals surface area contributed by atoms with Gasteiger partial charge in [-0.3, -0.25) is 4.79 Å². The quantitative estimate of drug-likeness (QED) is 0.815. The molecule has 1 aromatic carbocycles. The van der Waals surface area contributed by atoms with Crippen LogP contribution in [0.5, 0.6) is 5.75 Å². The molecule has 0 saturated heterocycles. The lowest BCUT2D eigenvalue weighted by molar-refractivity contribution is -0.143. The molecule has 0 heterocycles. The number of nitrogens with one attached hydrogen (secondary N) is 1. The van der Waals surface area contributed by atoms with Gasteiger partial charge in [-0.2, -0.15) is 0 Å². The molecule has 0 fully saturated rings. The molecular formula is C14H21NO3. The van der Waals surface area contributed by atoms with Crippen LogP contribution in [0.3, 0.4) is 0 Å². The molecule has 4 heteroatoms. The van der Waals surface area contributed by atoms with E-state index in [2.05, 4.69) is 5.32 Å². The van der Waals surface area contributed by atoms with Crippen molar-refractivity contribution in [3.8, 4) is 5.75 Å². The van der Waals surface area contributed by atoms with E-state index in [4.69, 9.17) is 4.74 Å². The summed E-state index contributed by atoms with van der Waals surface area (Å²) in [7, 11) is 3.42. The molecule has 0 saturated carbocycles. The van der Waals surface area contributed by atoms with E-state index >= 15 is 0 Å². The topological polar surface area (TPSA) is 58.6 Å². The summed E-state index contributed by atoms with van der Waals surface area (Å²) in [5, 5.41) is 12.3. The molecule has 0 aliphatic heterocycles. The van der Waals surface area contributed by atoms with Crippen LogP contribution < -0.4 is 10.1 Å². The zero-order chi connectivity index (χ0) is 13.7. The Balaban J connectivity index is 3.08. The Labute approximate surface area is 108 Å². The fourth-order valence-corrected chi connectivity index (χ4v) is 2.25. The predicted octanol–water partition coefficient (Wildman–Crippen LogP) is 2.37. The standard InChI is InChI=1S/C14H21NO3/c1-5-11(14(16)17)13(15-3)10-6-7-12(18-4)9(2)8-10/h6-8,11,13,15H,5H2,1-4H3,(H,16,17). The first-order chi connectivity index (χ1) is 8.54. The lowest BCUT2D eigenvalue weighted by atomic mass is 9.90. The normalized spacial score (nSPS) is 14.0. The van der Waals surface area contributed by atoms with E-state index in [9.17, 15) is 9.90 Å². The van der Waals surface area contributed by atoms with E-state index in [1.54, 1.807) is 14.2 Å². The average molecular weight is 251 g/mol. The molecule has 1 aromatic rings. The minimum absolute atomic E-state index is 0.183. The van der Waals surface area contributed by atoms with Crippen LogP contribution in [0, 0.1) is 12.8 Å². The van der Waals surface area contributed by atoms with E-state index in [-0.39, 0.29) is 6.04 Å². The van der Waals surface area contributed by atoms with Gasteiger partial charge in [-0.15, -0.1) is 0 Å². The highest BCUT2D eigenvalue weighted by Crippen LogP contribution is 2.28. The Bertz CT molecular complexity index is 418. The highest BCUT2D eigenvalue weighted by molar-refractivity contribution is 5.71. The Morgan fingerprint density at radius 3 is 2.56 bits per heavy atom. The second kappa shape index (κ2) is 6.40. The molecule has 18 heavy (non-hydrogen) atoms. The van der Waals surface area contributed by atoms with Crippen LogP contribution in [0.4, 0.5) is 0 Å². The third kappa shape index (κ3) is 3.01. The molecule has 0 aliphatic carbocycles. The summed E-state index contributed by atoms with van der Waals surface area (Å²) in [6, 6.07) is 5.59. The van der Waals surface area contributed by atoms with Gasteiger partial charge in [-0.1, -0.05) is 19.1 Å². The maximum Gasteiger partial charge on any atom is 0.308 e. The van der Waals surface area contributed by atoms with Gasteiger partial charge in [0.1, 0.15) is 5.75 Å². The van der Waals surface area contributed by atoms with Gasteiger partial charge >= 0.3 is 5.97 Å². The summed E-state index contributed by atoms with van der Waals surface area (Å²) in [6.07, 6.45) is 0.589. The van der Waals surface area contributed by atoms with E-state index in [1.165, 1.54) is 0 Å². The van der Waals surface area contributed by atoms with Crippen LogP contribution in [0.2, 0.25) is 0 Å². The Morgan fingerprint density at radius 2 is 2.17 bits per heavy atom. The zero-order valence-electron chi connectivity index (χ0n) is 11.4. The van der Waals surface area contributed by atoms with Gasteiger partial charge in [0.15, 0.2) is 0 Å². The third-order valence-electron chi connectivity index (χ3n) is 3.25. The fourth-order valence-electron chi connectivity index (χ4n) is 2.25. The smallest absolute Gasteiger partial charge is 0.308 e. The van der Waals surface area contributed by atoms with Crippen LogP contribution in [-0.4, -0.2) is 25.2 Å². The Kier molecular flexibility index (Phi) is 5.16. The van der Waals surface area contributed by atoms with Crippen molar-refractivity contribution in [3.63, 3.8) is 0 Å². The Morgan fingerprint density at radius 1 is 1.50 bits per heavy atom. The van der Waals surface area contributed by atoms with Crippen LogP contribution in [0.15, 0.2) is 18.2 Å². The number of carboxylic acids is 1. The van der Waals surface area contributed by atoms with E-state index in [0.717, 1.165) is 16.9 Å². The fraction of sp³-hybridized carbons (Fsp3) is 0.500. The van der Waals surface area contributed by atoms with Gasteiger partial charge in [0.2, 0.25) is 0 Å². The minimum atomic E-state index is -0.773. The second-order valence-electron chi connectivity index (χ2n) is 4.35. The molecule has 100 valence electrons. The van der Waals surface area contributed by atoms with E-state index in [0.29, 0.717) is 6.42 Å². The zero-order valence-corrected chi connectivity index (χ0v) is 11.4. The Hall–Kier alpha value is -1.55. The summed E-state index contributed by atoms with van der Waals surface area (Å²) in [4.78, 5) is 11.2. The van der Waals surface area contributed by atoms with Gasteiger partial charge < -0.3 is 15.2 Å². The van der Waals surface area contributed by atoms with Gasteiger partial charge in [0, 0.05) is 6.04 Å². The minimum Gasteiger partial charge on any atom is -0.496 e. The molecule has 0 amide bonds. The third-order valence-corrected chi connectivity index (χ3v) is 3.25. The lowest BCUT2D eigenvalue weighted by Gasteiger charge is -2.23. The van der Waals surface area contributed by atoms with Crippen molar-refractivity contribution in [2.75, 3.05) is 14.2 Å². The van der Waals surface area contributed by atoms with Crippen molar-refractivity contribution < 1.29 is 14.6 Å². The molecule has 0 radical (unpaired) electrons. The molecule has 1 rings (SSSR count). The van der Waals surface area contributed by atoms with Crippen molar-refractivity contribution in [3.05, 3.63) is 29.3 Å². The number of aliphatic carboxylic acids is 1. The van der Waals surface area contributed by atoms with Crippen molar-refractivity contribution in [2.45, 2.75) is 26.3 Å². The monoisotopic (exact) mass is 251 g/mol. The molecule has 0 aromatic heterocycles. The van der Waals surface area contributed by atoms with Crippen LogP contribution in [-0.2, 0) is 4.79 Å². The molecule has 2 atom stereocenters. The van der Waals surface area contributed by atoms with Gasteiger partial charge in [0.25, 0.3) is 0 Å². The number of methoxy groups -OCH3 is 1. The number of carbonyl (C=O) groups is 1. The van der Waals surface area contributed by atoms with Gasteiger partial charge in [-0.25, -0.2) is 0 Å². The summed E-state index contributed by atoms with van der Waals surface area (Å²) in [5.41, 5.74) is 1.99. The number of ether oxygens (including phenoxy) is 1. The SMILES string of the molecule is CCC(C(=O)O)C(NC)c1ccc(OC)c(C)c1.